The molecule has 2 amide bonds. The molecule has 4 rings (SSSR count). The average Bonchev–Trinajstić information content (AvgIpc) is 3.34. The van der Waals surface area contributed by atoms with Crippen molar-refractivity contribution in [2.24, 2.45) is 0 Å². The average molecular weight is 435 g/mol. The van der Waals surface area contributed by atoms with Gasteiger partial charge in [0.2, 0.25) is 0 Å². The molecule has 0 spiro atoms. The topological polar surface area (TPSA) is 75.9 Å². The van der Waals surface area contributed by atoms with E-state index in [2.05, 4.69) is 20.8 Å². The molecule has 150 valence electrons. The highest BCUT2D eigenvalue weighted by atomic mass is 35.5. The minimum atomic E-state index is -0.589. The Bertz CT molecular complexity index is 1030. The van der Waals surface area contributed by atoms with Crippen molar-refractivity contribution in [3.05, 3.63) is 69.7 Å². The lowest BCUT2D eigenvalue weighted by Crippen LogP contribution is -2.36. The molecule has 1 aliphatic heterocycles. The molecule has 2 heterocycles. The number of anilines is 1. The third kappa shape index (κ3) is 4.33. The molecule has 3 aromatic rings. The molecule has 0 bridgehead atoms. The molecule has 1 atom stereocenters. The number of halogens is 3. The van der Waals surface area contributed by atoms with Gasteiger partial charge in [-0.25, -0.2) is 13.9 Å². The summed E-state index contributed by atoms with van der Waals surface area (Å²) in [7, 11) is 0. The van der Waals surface area contributed by atoms with Gasteiger partial charge in [0.15, 0.2) is 5.82 Å². The van der Waals surface area contributed by atoms with Crippen molar-refractivity contribution in [1.82, 2.24) is 25.1 Å². The van der Waals surface area contributed by atoms with Gasteiger partial charge in [-0.05, 0) is 59.2 Å². The summed E-state index contributed by atoms with van der Waals surface area (Å²) in [4.78, 5) is 14.4. The van der Waals surface area contributed by atoms with Crippen molar-refractivity contribution in [2.75, 3.05) is 11.9 Å². The molecular weight excluding hydrogens is 418 g/mol. The number of likely N-dealkylation sites (tertiary alicyclic amines) is 1. The molecule has 0 unspecified atom stereocenters. The number of nitrogens with zero attached hydrogens (tertiary/aromatic N) is 5. The normalized spacial score (nSPS) is 16.2. The number of rotatable bonds is 4. The van der Waals surface area contributed by atoms with Crippen molar-refractivity contribution >= 4 is 34.9 Å². The van der Waals surface area contributed by atoms with Crippen LogP contribution in [0.4, 0.5) is 14.9 Å². The van der Waals surface area contributed by atoms with E-state index in [1.807, 2.05) is 12.1 Å². The maximum Gasteiger partial charge on any atom is 0.322 e. The van der Waals surface area contributed by atoms with Gasteiger partial charge < -0.3 is 10.2 Å². The molecule has 1 fully saturated rings. The lowest BCUT2D eigenvalue weighted by molar-refractivity contribution is 0.203. The Morgan fingerprint density at radius 3 is 2.69 bits per heavy atom. The Hall–Kier alpha value is -2.71. The minimum absolute atomic E-state index is 0.0748. The SMILES string of the molecule is O=C(Nc1ccc(Cl)cc1F)N1CCC[C@@H]1c1nnnn1Cc1ccc(Cl)cc1. The fraction of sp³-hybridized carbons (Fsp3) is 0.263. The highest BCUT2D eigenvalue weighted by Crippen LogP contribution is 2.31. The van der Waals surface area contributed by atoms with Gasteiger partial charge in [0, 0.05) is 16.6 Å². The predicted octanol–water partition coefficient (Wildman–Crippen LogP) is 4.54. The van der Waals surface area contributed by atoms with Crippen LogP contribution in [0.1, 0.15) is 30.3 Å². The van der Waals surface area contributed by atoms with E-state index in [0.717, 1.165) is 24.5 Å². The summed E-state index contributed by atoms with van der Waals surface area (Å²) in [5.41, 5.74) is 1.06. The second-order valence-electron chi connectivity index (χ2n) is 6.73. The Kier molecular flexibility index (Phi) is 5.64. The number of aromatic nitrogens is 4. The molecule has 2 aromatic carbocycles. The van der Waals surface area contributed by atoms with Crippen LogP contribution in [0.2, 0.25) is 10.0 Å². The third-order valence-corrected chi connectivity index (χ3v) is 5.28. The van der Waals surface area contributed by atoms with Crippen molar-refractivity contribution in [2.45, 2.75) is 25.4 Å². The second-order valence-corrected chi connectivity index (χ2v) is 7.60. The van der Waals surface area contributed by atoms with Gasteiger partial charge in [0.25, 0.3) is 0 Å². The van der Waals surface area contributed by atoms with Crippen molar-refractivity contribution in [1.29, 1.82) is 0 Å². The molecule has 1 aromatic heterocycles. The van der Waals surface area contributed by atoms with E-state index in [4.69, 9.17) is 23.2 Å². The van der Waals surface area contributed by atoms with E-state index >= 15 is 0 Å². The van der Waals surface area contributed by atoms with Gasteiger partial charge in [0.1, 0.15) is 5.82 Å². The Labute approximate surface area is 176 Å². The highest BCUT2D eigenvalue weighted by Gasteiger charge is 2.34. The van der Waals surface area contributed by atoms with Gasteiger partial charge in [-0.1, -0.05) is 35.3 Å². The van der Waals surface area contributed by atoms with E-state index in [1.54, 1.807) is 21.7 Å². The van der Waals surface area contributed by atoms with Crippen LogP contribution in [-0.4, -0.2) is 37.7 Å². The second kappa shape index (κ2) is 8.34. The molecule has 1 N–H and O–H groups in total. The molecular formula is C19H17Cl2FN6O. The summed E-state index contributed by atoms with van der Waals surface area (Å²) < 4.78 is 15.7. The number of tetrazole rings is 1. The number of hydrogen-bond donors (Lipinski definition) is 1. The summed E-state index contributed by atoms with van der Waals surface area (Å²) in [6.07, 6.45) is 1.52. The Morgan fingerprint density at radius 2 is 1.93 bits per heavy atom. The van der Waals surface area contributed by atoms with Crippen molar-refractivity contribution in [3.8, 4) is 0 Å². The lowest BCUT2D eigenvalue weighted by Gasteiger charge is -2.24. The predicted molar refractivity (Wildman–Crippen MR) is 107 cm³/mol. The quantitative estimate of drug-likeness (QED) is 0.653. The van der Waals surface area contributed by atoms with Gasteiger partial charge in [-0.3, -0.25) is 0 Å². The molecule has 10 heteroatoms. The number of carbonyl (C=O) groups excluding carboxylic acids is 1. The maximum absolute atomic E-state index is 14.0. The monoisotopic (exact) mass is 434 g/mol. The fourth-order valence-electron chi connectivity index (χ4n) is 3.38. The van der Waals surface area contributed by atoms with E-state index in [9.17, 15) is 9.18 Å². The zero-order valence-electron chi connectivity index (χ0n) is 15.2. The number of benzene rings is 2. The zero-order valence-corrected chi connectivity index (χ0v) is 16.7. The van der Waals surface area contributed by atoms with E-state index in [-0.39, 0.29) is 16.8 Å². The number of urea groups is 1. The number of nitrogens with one attached hydrogen (secondary N) is 1. The zero-order chi connectivity index (χ0) is 20.4. The van der Waals surface area contributed by atoms with Crippen LogP contribution < -0.4 is 5.32 Å². The van der Waals surface area contributed by atoms with E-state index < -0.39 is 11.8 Å². The summed E-state index contributed by atoms with van der Waals surface area (Å²) in [5, 5.41) is 15.5. The first-order valence-electron chi connectivity index (χ1n) is 9.04. The van der Waals surface area contributed by atoms with E-state index in [0.29, 0.717) is 23.9 Å². The number of amides is 2. The fourth-order valence-corrected chi connectivity index (χ4v) is 3.67. The Balaban J connectivity index is 1.52. The van der Waals surface area contributed by atoms with Crippen molar-refractivity contribution < 1.29 is 9.18 Å². The smallest absolute Gasteiger partial charge is 0.314 e. The largest absolute Gasteiger partial charge is 0.322 e. The Morgan fingerprint density at radius 1 is 1.17 bits per heavy atom. The molecule has 7 nitrogen and oxygen atoms in total. The first-order valence-corrected chi connectivity index (χ1v) is 9.80. The van der Waals surface area contributed by atoms with Crippen molar-refractivity contribution in [3.63, 3.8) is 0 Å². The van der Waals surface area contributed by atoms with Gasteiger partial charge >= 0.3 is 6.03 Å². The van der Waals surface area contributed by atoms with E-state index in [1.165, 1.54) is 12.1 Å². The summed E-state index contributed by atoms with van der Waals surface area (Å²) in [5.74, 6) is -0.00153. The lowest BCUT2D eigenvalue weighted by atomic mass is 10.2. The first-order chi connectivity index (χ1) is 14.0. The molecule has 1 aliphatic rings. The molecule has 0 saturated carbocycles. The summed E-state index contributed by atoms with van der Waals surface area (Å²) in [6.45, 7) is 0.983. The maximum atomic E-state index is 14.0. The van der Waals surface area contributed by atoms with Gasteiger partial charge in [-0.15, -0.1) is 5.10 Å². The van der Waals surface area contributed by atoms with Crippen LogP contribution in [0, 0.1) is 5.82 Å². The van der Waals surface area contributed by atoms with Crippen LogP contribution in [-0.2, 0) is 6.54 Å². The number of carbonyl (C=O) groups is 1. The number of hydrogen-bond acceptors (Lipinski definition) is 4. The first kappa shape index (κ1) is 19.6. The molecule has 0 radical (unpaired) electrons. The highest BCUT2D eigenvalue weighted by molar-refractivity contribution is 6.30. The van der Waals surface area contributed by atoms with Gasteiger partial charge in [0.05, 0.1) is 18.3 Å². The standard InChI is InChI=1S/C19H17Cl2FN6O/c20-13-5-3-12(4-6-13)11-28-18(24-25-26-28)17-2-1-9-27(17)19(29)23-16-8-7-14(21)10-15(16)22/h3-8,10,17H,1-2,9,11H2,(H,23,29)/t17-/m1/s1. The molecule has 0 aliphatic carbocycles. The summed E-state index contributed by atoms with van der Waals surface area (Å²) >= 11 is 11.7. The van der Waals surface area contributed by atoms with Crippen LogP contribution in [0.15, 0.2) is 42.5 Å². The van der Waals surface area contributed by atoms with Gasteiger partial charge in [-0.2, -0.15) is 0 Å². The van der Waals surface area contributed by atoms with Crippen LogP contribution in [0.5, 0.6) is 0 Å². The van der Waals surface area contributed by atoms with Crippen LogP contribution in [0.25, 0.3) is 0 Å². The van der Waals surface area contributed by atoms with Crippen LogP contribution >= 0.6 is 23.2 Å². The molecule has 1 saturated heterocycles. The molecule has 29 heavy (non-hydrogen) atoms. The van der Waals surface area contributed by atoms with Crippen LogP contribution in [0.3, 0.4) is 0 Å². The third-order valence-electron chi connectivity index (χ3n) is 4.79. The summed E-state index contributed by atoms with van der Waals surface area (Å²) in [6, 6.07) is 10.8. The minimum Gasteiger partial charge on any atom is -0.314 e.